The van der Waals surface area contributed by atoms with Crippen LogP contribution in [0, 0.1) is 6.92 Å². The van der Waals surface area contributed by atoms with Crippen LogP contribution in [-0.4, -0.2) is 10.1 Å². The second-order valence-corrected chi connectivity index (χ2v) is 10.4. The Balaban J connectivity index is 1.31. The lowest BCUT2D eigenvalue weighted by atomic mass is 10.0. The third-order valence-electron chi connectivity index (χ3n) is 6.32. The quantitative estimate of drug-likeness (QED) is 0.211. The molecule has 1 aliphatic rings. The Morgan fingerprint density at radius 3 is 2.26 bits per heavy atom. The van der Waals surface area contributed by atoms with Crippen molar-refractivity contribution in [3.63, 3.8) is 0 Å². The molecular formula is C31H25N3O2S2. The molecule has 3 heterocycles. The predicted octanol–water partition coefficient (Wildman–Crippen LogP) is 8.10. The van der Waals surface area contributed by atoms with E-state index in [2.05, 4.69) is 34.3 Å². The van der Waals surface area contributed by atoms with Gasteiger partial charge in [0.25, 0.3) is 0 Å². The van der Waals surface area contributed by atoms with Crippen LogP contribution >= 0.6 is 24.0 Å². The van der Waals surface area contributed by atoms with Crippen molar-refractivity contribution in [2.24, 2.45) is 0 Å². The summed E-state index contributed by atoms with van der Waals surface area (Å²) in [6.07, 6.45) is 1.80. The van der Waals surface area contributed by atoms with Crippen molar-refractivity contribution in [1.29, 1.82) is 0 Å². The highest BCUT2D eigenvalue weighted by atomic mass is 32.2. The molecule has 7 heteroatoms. The van der Waals surface area contributed by atoms with Crippen LogP contribution in [0.3, 0.4) is 0 Å². The zero-order valence-corrected chi connectivity index (χ0v) is 22.3. The van der Waals surface area contributed by atoms with E-state index in [1.165, 1.54) is 5.56 Å². The number of rotatable bonds is 7. The largest absolute Gasteiger partial charge is 0.457 e. The maximum Gasteiger partial charge on any atom is 0.174 e. The Morgan fingerprint density at radius 2 is 1.55 bits per heavy atom. The van der Waals surface area contributed by atoms with Gasteiger partial charge in [0.15, 0.2) is 10.2 Å². The van der Waals surface area contributed by atoms with Gasteiger partial charge in [-0.1, -0.05) is 53.7 Å². The van der Waals surface area contributed by atoms with E-state index < -0.39 is 0 Å². The SMILES string of the molecule is Cc1ccc(Oc2ccc(N3C(=S)N[C@@H](c4ccccn4)[C@H]3c3ccc(Sc4ccccc4)o3)cc2)cc1. The van der Waals surface area contributed by atoms with Gasteiger partial charge in [0, 0.05) is 16.8 Å². The average molecular weight is 536 g/mol. The van der Waals surface area contributed by atoms with Crippen molar-refractivity contribution in [3.8, 4) is 11.5 Å². The Morgan fingerprint density at radius 1 is 0.842 bits per heavy atom. The summed E-state index contributed by atoms with van der Waals surface area (Å²) in [7, 11) is 0. The van der Waals surface area contributed by atoms with Crippen LogP contribution in [-0.2, 0) is 0 Å². The predicted molar refractivity (Wildman–Crippen MR) is 155 cm³/mol. The lowest BCUT2D eigenvalue weighted by Gasteiger charge is -2.26. The summed E-state index contributed by atoms with van der Waals surface area (Å²) in [6.45, 7) is 2.06. The van der Waals surface area contributed by atoms with E-state index in [1.807, 2.05) is 97.1 Å². The molecule has 0 amide bonds. The lowest BCUT2D eigenvalue weighted by Crippen LogP contribution is -2.29. The zero-order chi connectivity index (χ0) is 25.9. The highest BCUT2D eigenvalue weighted by Gasteiger charge is 2.42. The fourth-order valence-electron chi connectivity index (χ4n) is 4.49. The van der Waals surface area contributed by atoms with Crippen molar-refractivity contribution in [2.45, 2.75) is 29.0 Å². The van der Waals surface area contributed by atoms with E-state index in [9.17, 15) is 0 Å². The molecule has 0 bridgehead atoms. The number of nitrogens with zero attached hydrogens (tertiary/aromatic N) is 2. The molecule has 2 atom stereocenters. The first-order valence-electron chi connectivity index (χ1n) is 12.3. The molecule has 1 fully saturated rings. The number of nitrogens with one attached hydrogen (secondary N) is 1. The van der Waals surface area contributed by atoms with Gasteiger partial charge in [-0.3, -0.25) is 4.98 Å². The molecule has 1 N–H and O–H groups in total. The number of benzene rings is 3. The van der Waals surface area contributed by atoms with Crippen LogP contribution in [0.5, 0.6) is 11.5 Å². The first-order chi connectivity index (χ1) is 18.6. The van der Waals surface area contributed by atoms with Crippen LogP contribution in [0.15, 0.2) is 130 Å². The average Bonchev–Trinajstić information content (AvgIpc) is 3.55. The first-order valence-corrected chi connectivity index (χ1v) is 13.5. The zero-order valence-electron chi connectivity index (χ0n) is 20.7. The summed E-state index contributed by atoms with van der Waals surface area (Å²) in [5, 5.41) is 4.92. The van der Waals surface area contributed by atoms with Crippen molar-refractivity contribution >= 4 is 34.8 Å². The van der Waals surface area contributed by atoms with E-state index in [0.29, 0.717) is 5.11 Å². The minimum atomic E-state index is -0.216. The fraction of sp³-hybridized carbons (Fsp3) is 0.0968. The maximum absolute atomic E-state index is 6.40. The molecular weight excluding hydrogens is 510 g/mol. The Hall–Kier alpha value is -4.07. The third kappa shape index (κ3) is 5.16. The van der Waals surface area contributed by atoms with E-state index in [-0.39, 0.29) is 12.1 Å². The van der Waals surface area contributed by atoms with Gasteiger partial charge in [-0.2, -0.15) is 0 Å². The van der Waals surface area contributed by atoms with E-state index >= 15 is 0 Å². The van der Waals surface area contributed by atoms with Crippen LogP contribution in [0.2, 0.25) is 0 Å². The molecule has 5 nitrogen and oxygen atoms in total. The summed E-state index contributed by atoms with van der Waals surface area (Å²) in [6, 6.07) is 35.7. The summed E-state index contributed by atoms with van der Waals surface area (Å²) >= 11 is 7.44. The normalized spacial score (nSPS) is 16.9. The number of aromatic nitrogens is 1. The number of ether oxygens (including phenoxy) is 1. The van der Waals surface area contributed by atoms with Crippen LogP contribution in [0.4, 0.5) is 5.69 Å². The number of thiocarbonyl (C=S) groups is 1. The molecule has 188 valence electrons. The van der Waals surface area contributed by atoms with Gasteiger partial charge in [-0.25, -0.2) is 0 Å². The second-order valence-electron chi connectivity index (χ2n) is 8.98. The lowest BCUT2D eigenvalue weighted by molar-refractivity contribution is 0.383. The maximum atomic E-state index is 6.40. The third-order valence-corrected chi connectivity index (χ3v) is 7.57. The number of hydrogen-bond acceptors (Lipinski definition) is 5. The van der Waals surface area contributed by atoms with Crippen molar-refractivity contribution in [1.82, 2.24) is 10.3 Å². The Bertz CT molecular complexity index is 1520. The van der Waals surface area contributed by atoms with Crippen molar-refractivity contribution in [2.75, 3.05) is 4.90 Å². The molecule has 1 aliphatic heterocycles. The summed E-state index contributed by atoms with van der Waals surface area (Å²) in [5.74, 6) is 2.37. The number of anilines is 1. The summed E-state index contributed by atoms with van der Waals surface area (Å²) in [5.41, 5.74) is 3.03. The molecule has 3 aromatic carbocycles. The van der Waals surface area contributed by atoms with Crippen LogP contribution in [0.1, 0.15) is 29.1 Å². The van der Waals surface area contributed by atoms with Gasteiger partial charge in [-0.15, -0.1) is 0 Å². The second kappa shape index (κ2) is 10.7. The minimum Gasteiger partial charge on any atom is -0.457 e. The van der Waals surface area contributed by atoms with Gasteiger partial charge in [-0.05, 0) is 91.9 Å². The summed E-state index contributed by atoms with van der Waals surface area (Å²) in [4.78, 5) is 7.84. The van der Waals surface area contributed by atoms with Crippen molar-refractivity contribution in [3.05, 3.63) is 132 Å². The van der Waals surface area contributed by atoms with Gasteiger partial charge in [0.1, 0.15) is 23.3 Å². The Kier molecular flexibility index (Phi) is 6.86. The molecule has 5 aromatic rings. The standard InChI is InChI=1S/C31H25N3O2S2/c1-21-10-14-23(15-11-21)35-24-16-12-22(13-17-24)34-30(29(33-31(34)37)26-9-5-6-20-32-26)27-18-19-28(36-27)38-25-7-3-2-4-8-25/h2-20,29-30H,1H3,(H,33,37)/t29-,30+/m0/s1. The van der Waals surface area contributed by atoms with Gasteiger partial charge >= 0.3 is 0 Å². The number of hydrogen-bond donors (Lipinski definition) is 1. The van der Waals surface area contributed by atoms with Crippen molar-refractivity contribution < 1.29 is 9.15 Å². The van der Waals surface area contributed by atoms with Gasteiger partial charge in [0.05, 0.1) is 11.7 Å². The van der Waals surface area contributed by atoms with Gasteiger partial charge < -0.3 is 19.4 Å². The molecule has 1 saturated heterocycles. The van der Waals surface area contributed by atoms with Crippen LogP contribution in [0.25, 0.3) is 0 Å². The smallest absolute Gasteiger partial charge is 0.174 e. The summed E-state index contributed by atoms with van der Waals surface area (Å²) < 4.78 is 12.4. The molecule has 0 saturated carbocycles. The topological polar surface area (TPSA) is 50.5 Å². The fourth-order valence-corrected chi connectivity index (χ4v) is 5.64. The number of furan rings is 1. The minimum absolute atomic E-state index is 0.173. The molecule has 0 aliphatic carbocycles. The molecule has 6 rings (SSSR count). The molecule has 0 unspecified atom stereocenters. The highest BCUT2D eigenvalue weighted by Crippen LogP contribution is 2.43. The highest BCUT2D eigenvalue weighted by molar-refractivity contribution is 7.99. The molecule has 0 radical (unpaired) electrons. The number of aryl methyl sites for hydroxylation is 1. The monoisotopic (exact) mass is 535 g/mol. The first kappa shape index (κ1) is 24.3. The molecule has 38 heavy (non-hydrogen) atoms. The number of pyridine rings is 1. The van der Waals surface area contributed by atoms with E-state index in [0.717, 1.165) is 38.6 Å². The Labute approximate surface area is 231 Å². The van der Waals surface area contributed by atoms with Crippen LogP contribution < -0.4 is 15.0 Å². The van der Waals surface area contributed by atoms with E-state index in [1.54, 1.807) is 18.0 Å². The molecule has 2 aromatic heterocycles. The van der Waals surface area contributed by atoms with Gasteiger partial charge in [0.2, 0.25) is 0 Å². The molecule has 0 spiro atoms. The van der Waals surface area contributed by atoms with E-state index in [4.69, 9.17) is 21.4 Å².